The molecule has 0 radical (unpaired) electrons. The molecule has 1 aliphatic carbocycles. The first-order valence-electron chi connectivity index (χ1n) is 7.34. The minimum Gasteiger partial charge on any atom is -0.379 e. The van der Waals surface area contributed by atoms with Crippen LogP contribution < -0.4 is 0 Å². The lowest BCUT2D eigenvalue weighted by Crippen LogP contribution is -2.50. The number of sulfone groups is 1. The van der Waals surface area contributed by atoms with Gasteiger partial charge in [0.05, 0.1) is 22.7 Å². The third-order valence-electron chi connectivity index (χ3n) is 4.45. The topological polar surface area (TPSA) is 46.6 Å². The molecular formula is C15H31NO3S. The van der Waals surface area contributed by atoms with Crippen molar-refractivity contribution in [1.82, 2.24) is 4.90 Å². The van der Waals surface area contributed by atoms with Crippen LogP contribution in [0.15, 0.2) is 0 Å². The Morgan fingerprint density at radius 2 is 1.60 bits per heavy atom. The number of likely N-dealkylation sites (N-methyl/N-ethyl adjacent to an activating group) is 1. The highest BCUT2D eigenvalue weighted by atomic mass is 32.2. The number of ether oxygens (including phenoxy) is 1. The summed E-state index contributed by atoms with van der Waals surface area (Å²) < 4.78 is 30.3. The Hall–Kier alpha value is -0.130. The van der Waals surface area contributed by atoms with Gasteiger partial charge in [-0.3, -0.25) is 0 Å². The van der Waals surface area contributed by atoms with Gasteiger partial charge in [-0.05, 0) is 46.2 Å². The molecule has 0 aromatic rings. The molecule has 0 aliphatic heterocycles. The molecule has 0 heterocycles. The van der Waals surface area contributed by atoms with Gasteiger partial charge in [0.15, 0.2) is 9.84 Å². The zero-order chi connectivity index (χ0) is 15.8. The van der Waals surface area contributed by atoms with Gasteiger partial charge in [-0.1, -0.05) is 20.8 Å². The van der Waals surface area contributed by atoms with Gasteiger partial charge in [0, 0.05) is 6.54 Å². The van der Waals surface area contributed by atoms with E-state index in [9.17, 15) is 8.42 Å². The van der Waals surface area contributed by atoms with Crippen LogP contribution in [0.4, 0.5) is 0 Å². The van der Waals surface area contributed by atoms with Crippen molar-refractivity contribution in [2.75, 3.05) is 33.9 Å². The van der Waals surface area contributed by atoms with Crippen molar-refractivity contribution in [3.05, 3.63) is 0 Å². The van der Waals surface area contributed by atoms with E-state index in [-0.39, 0.29) is 12.0 Å². The predicted octanol–water partition coefficient (Wildman–Crippen LogP) is 2.34. The Morgan fingerprint density at radius 1 is 1.10 bits per heavy atom. The van der Waals surface area contributed by atoms with Gasteiger partial charge >= 0.3 is 0 Å². The van der Waals surface area contributed by atoms with E-state index in [1.807, 2.05) is 39.8 Å². The van der Waals surface area contributed by atoms with E-state index >= 15 is 0 Å². The maximum atomic E-state index is 13.0. The van der Waals surface area contributed by atoms with Gasteiger partial charge in [0.1, 0.15) is 0 Å². The summed E-state index contributed by atoms with van der Waals surface area (Å²) in [6, 6.07) is 0. The molecule has 1 rings (SSSR count). The predicted molar refractivity (Wildman–Crippen MR) is 83.8 cm³/mol. The lowest BCUT2D eigenvalue weighted by atomic mass is 9.89. The molecule has 1 saturated carbocycles. The van der Waals surface area contributed by atoms with E-state index in [0.717, 1.165) is 19.4 Å². The standard InChI is InChI=1S/C15H31NO3S/c1-13(2,3)15(8-9-15)20(17,18)14(4,5)12-19-11-10-16(6)7/h8-12H2,1-7H3. The summed E-state index contributed by atoms with van der Waals surface area (Å²) in [6.45, 7) is 11.3. The fourth-order valence-corrected chi connectivity index (χ4v) is 5.45. The molecule has 0 atom stereocenters. The highest BCUT2D eigenvalue weighted by Crippen LogP contribution is 2.58. The molecule has 0 saturated heterocycles. The van der Waals surface area contributed by atoms with Crippen LogP contribution in [-0.4, -0.2) is 56.7 Å². The van der Waals surface area contributed by atoms with Crippen LogP contribution in [-0.2, 0) is 14.6 Å². The number of rotatable bonds is 7. The molecule has 0 N–H and O–H groups in total. The zero-order valence-corrected chi connectivity index (χ0v) is 14.9. The molecular weight excluding hydrogens is 274 g/mol. The van der Waals surface area contributed by atoms with E-state index in [2.05, 4.69) is 0 Å². The third-order valence-corrected chi connectivity index (χ3v) is 8.07. The quantitative estimate of drug-likeness (QED) is 0.677. The Kier molecular flexibility index (Phi) is 5.00. The van der Waals surface area contributed by atoms with Crippen LogP contribution in [0.3, 0.4) is 0 Å². The Morgan fingerprint density at radius 3 is 1.95 bits per heavy atom. The molecule has 4 nitrogen and oxygen atoms in total. The Balaban J connectivity index is 2.76. The van der Waals surface area contributed by atoms with Crippen LogP contribution in [0, 0.1) is 5.41 Å². The molecule has 1 fully saturated rings. The molecule has 0 unspecified atom stereocenters. The second-order valence-electron chi connectivity index (χ2n) is 7.86. The molecule has 0 aromatic carbocycles. The summed E-state index contributed by atoms with van der Waals surface area (Å²) >= 11 is 0. The third kappa shape index (κ3) is 3.20. The monoisotopic (exact) mass is 305 g/mol. The minimum atomic E-state index is -3.22. The molecule has 0 bridgehead atoms. The lowest BCUT2D eigenvalue weighted by Gasteiger charge is -2.37. The summed E-state index contributed by atoms with van der Waals surface area (Å²) in [6.07, 6.45) is 1.56. The van der Waals surface area contributed by atoms with E-state index in [0.29, 0.717) is 6.61 Å². The normalized spacial score (nSPS) is 19.4. The second-order valence-corrected chi connectivity index (χ2v) is 10.8. The number of nitrogens with zero attached hydrogens (tertiary/aromatic N) is 1. The van der Waals surface area contributed by atoms with Crippen LogP contribution >= 0.6 is 0 Å². The van der Waals surface area contributed by atoms with Crippen molar-refractivity contribution in [3.63, 3.8) is 0 Å². The van der Waals surface area contributed by atoms with E-state index < -0.39 is 19.3 Å². The van der Waals surface area contributed by atoms with Crippen molar-refractivity contribution in [2.24, 2.45) is 5.41 Å². The molecule has 120 valence electrons. The maximum absolute atomic E-state index is 13.0. The second kappa shape index (κ2) is 5.58. The van der Waals surface area contributed by atoms with E-state index in [1.165, 1.54) is 0 Å². The summed E-state index contributed by atoms with van der Waals surface area (Å²) in [5.41, 5.74) is -0.216. The Labute approximate surface area is 124 Å². The first-order valence-corrected chi connectivity index (χ1v) is 8.82. The summed E-state index contributed by atoms with van der Waals surface area (Å²) in [5, 5.41) is 0. The van der Waals surface area contributed by atoms with Crippen LogP contribution in [0.2, 0.25) is 0 Å². The summed E-state index contributed by atoms with van der Waals surface area (Å²) in [7, 11) is 0.728. The molecule has 5 heteroatoms. The first kappa shape index (κ1) is 17.9. The molecule has 0 aromatic heterocycles. The van der Waals surface area contributed by atoms with Crippen LogP contribution in [0.1, 0.15) is 47.5 Å². The van der Waals surface area contributed by atoms with Crippen LogP contribution in [0.25, 0.3) is 0 Å². The van der Waals surface area contributed by atoms with Gasteiger partial charge in [-0.2, -0.15) is 0 Å². The molecule has 1 aliphatic rings. The van der Waals surface area contributed by atoms with E-state index in [4.69, 9.17) is 4.74 Å². The summed E-state index contributed by atoms with van der Waals surface area (Å²) in [5.74, 6) is 0. The fraction of sp³-hybridized carbons (Fsp3) is 1.00. The van der Waals surface area contributed by atoms with Crippen LogP contribution in [0.5, 0.6) is 0 Å². The van der Waals surface area contributed by atoms with Gasteiger partial charge in [0.2, 0.25) is 0 Å². The minimum absolute atomic E-state index is 0.216. The lowest BCUT2D eigenvalue weighted by molar-refractivity contribution is 0.102. The molecule has 0 spiro atoms. The zero-order valence-electron chi connectivity index (χ0n) is 14.1. The van der Waals surface area contributed by atoms with Gasteiger partial charge in [-0.25, -0.2) is 8.42 Å². The average molecular weight is 305 g/mol. The maximum Gasteiger partial charge on any atom is 0.163 e. The fourth-order valence-electron chi connectivity index (χ4n) is 2.71. The number of hydrogen-bond acceptors (Lipinski definition) is 4. The van der Waals surface area contributed by atoms with E-state index in [1.54, 1.807) is 13.8 Å². The highest BCUT2D eigenvalue weighted by molar-refractivity contribution is 7.94. The van der Waals surface area contributed by atoms with Crippen molar-refractivity contribution in [1.29, 1.82) is 0 Å². The van der Waals surface area contributed by atoms with Crippen molar-refractivity contribution < 1.29 is 13.2 Å². The van der Waals surface area contributed by atoms with Crippen molar-refractivity contribution >= 4 is 9.84 Å². The van der Waals surface area contributed by atoms with Crippen molar-refractivity contribution in [3.8, 4) is 0 Å². The molecule has 0 amide bonds. The summed E-state index contributed by atoms with van der Waals surface area (Å²) in [4.78, 5) is 2.03. The number of hydrogen-bond donors (Lipinski definition) is 0. The largest absolute Gasteiger partial charge is 0.379 e. The highest BCUT2D eigenvalue weighted by Gasteiger charge is 2.65. The van der Waals surface area contributed by atoms with Gasteiger partial charge < -0.3 is 9.64 Å². The van der Waals surface area contributed by atoms with Gasteiger partial charge in [-0.15, -0.1) is 0 Å². The molecule has 20 heavy (non-hydrogen) atoms. The smallest absolute Gasteiger partial charge is 0.163 e. The Bertz CT molecular complexity index is 429. The van der Waals surface area contributed by atoms with Crippen molar-refractivity contribution in [2.45, 2.75) is 57.0 Å². The SMILES string of the molecule is CN(C)CCOCC(C)(C)S(=O)(=O)C1(C(C)(C)C)CC1. The van der Waals surface area contributed by atoms with Gasteiger partial charge in [0.25, 0.3) is 0 Å². The average Bonchev–Trinajstić information content (AvgIpc) is 3.03. The first-order chi connectivity index (χ1) is 8.87.